The summed E-state index contributed by atoms with van der Waals surface area (Å²) in [4.78, 5) is 22.5. The van der Waals surface area contributed by atoms with E-state index in [1.807, 2.05) is 6.92 Å². The topological polar surface area (TPSA) is 96.0 Å². The highest BCUT2D eigenvalue weighted by Gasteiger charge is 2.33. The summed E-state index contributed by atoms with van der Waals surface area (Å²) >= 11 is 1.50. The van der Waals surface area contributed by atoms with Crippen molar-refractivity contribution < 1.29 is 9.72 Å². The lowest BCUT2D eigenvalue weighted by Gasteiger charge is -2.29. The van der Waals surface area contributed by atoms with Crippen molar-refractivity contribution in [2.24, 2.45) is 0 Å². The van der Waals surface area contributed by atoms with Crippen LogP contribution in [0.5, 0.6) is 0 Å². The van der Waals surface area contributed by atoms with Gasteiger partial charge in [-0.15, -0.1) is 11.8 Å². The maximum Gasteiger partial charge on any atom is 0.269 e. The van der Waals surface area contributed by atoms with E-state index in [0.717, 1.165) is 10.8 Å². The van der Waals surface area contributed by atoms with Gasteiger partial charge in [0.25, 0.3) is 5.69 Å². The monoisotopic (exact) mass is 343 g/mol. The van der Waals surface area contributed by atoms with Crippen molar-refractivity contribution in [2.45, 2.75) is 26.7 Å². The molecule has 24 heavy (non-hydrogen) atoms. The minimum absolute atomic E-state index is 0.0246. The Balaban J connectivity index is 2.61. The van der Waals surface area contributed by atoms with Crippen LogP contribution in [0.2, 0.25) is 0 Å². The minimum Gasteiger partial charge on any atom is -0.353 e. The van der Waals surface area contributed by atoms with Crippen LogP contribution in [-0.2, 0) is 4.79 Å². The number of nitriles is 1. The Morgan fingerprint density at radius 3 is 2.50 bits per heavy atom. The van der Waals surface area contributed by atoms with Crippen LogP contribution in [0.1, 0.15) is 32.3 Å². The van der Waals surface area contributed by atoms with Gasteiger partial charge in [-0.05, 0) is 25.2 Å². The molecule has 0 bridgehead atoms. The standard InChI is InChI=1S/C17H17N3O3S/c1-4-24-17-14(9-18)16(15(11(3)21)10(2)19-17)12-5-7-13(8-6-12)20(22)23/h5-8,16,19H,4H2,1-3H3/t16-/m1/s1. The fourth-order valence-electron chi connectivity index (χ4n) is 2.76. The smallest absolute Gasteiger partial charge is 0.269 e. The number of nitro groups is 1. The number of hydrogen-bond acceptors (Lipinski definition) is 6. The van der Waals surface area contributed by atoms with Gasteiger partial charge in [0, 0.05) is 23.4 Å². The average Bonchev–Trinajstić information content (AvgIpc) is 2.54. The lowest BCUT2D eigenvalue weighted by molar-refractivity contribution is -0.384. The van der Waals surface area contributed by atoms with Crippen molar-refractivity contribution in [3.63, 3.8) is 0 Å². The molecule has 2 rings (SSSR count). The normalized spacial score (nSPS) is 17.3. The van der Waals surface area contributed by atoms with Gasteiger partial charge in [-0.2, -0.15) is 5.26 Å². The van der Waals surface area contributed by atoms with E-state index in [1.165, 1.54) is 30.8 Å². The maximum absolute atomic E-state index is 12.1. The largest absolute Gasteiger partial charge is 0.353 e. The van der Waals surface area contributed by atoms with Crippen LogP contribution in [0.3, 0.4) is 0 Å². The number of dihydropyridines is 1. The number of non-ortho nitro benzene ring substituents is 1. The Hall–Kier alpha value is -2.59. The predicted molar refractivity (Wildman–Crippen MR) is 93.1 cm³/mol. The van der Waals surface area contributed by atoms with Crippen molar-refractivity contribution in [2.75, 3.05) is 5.75 Å². The summed E-state index contributed by atoms with van der Waals surface area (Å²) in [6, 6.07) is 8.21. The number of nitro benzene ring substituents is 1. The number of rotatable bonds is 5. The van der Waals surface area contributed by atoms with Crippen LogP contribution in [0.4, 0.5) is 5.69 Å². The molecule has 0 fully saturated rings. The van der Waals surface area contributed by atoms with Gasteiger partial charge in [0.1, 0.15) is 0 Å². The molecule has 1 aromatic carbocycles. The highest BCUT2D eigenvalue weighted by atomic mass is 32.2. The second-order valence-corrected chi connectivity index (χ2v) is 6.56. The van der Waals surface area contributed by atoms with Crippen LogP contribution in [0.15, 0.2) is 46.1 Å². The van der Waals surface area contributed by atoms with Gasteiger partial charge < -0.3 is 5.32 Å². The molecule has 1 N–H and O–H groups in total. The lowest BCUT2D eigenvalue weighted by Crippen LogP contribution is -2.27. The summed E-state index contributed by atoms with van der Waals surface area (Å²) < 4.78 is 0. The first-order chi connectivity index (χ1) is 11.4. The van der Waals surface area contributed by atoms with Gasteiger partial charge in [0.05, 0.1) is 27.5 Å². The predicted octanol–water partition coefficient (Wildman–Crippen LogP) is 3.63. The zero-order valence-electron chi connectivity index (χ0n) is 13.6. The fourth-order valence-corrected chi connectivity index (χ4v) is 3.59. The van der Waals surface area contributed by atoms with Crippen LogP contribution in [-0.4, -0.2) is 16.5 Å². The summed E-state index contributed by atoms with van der Waals surface area (Å²) in [7, 11) is 0. The number of hydrogen-bond donors (Lipinski definition) is 1. The number of nitrogens with one attached hydrogen (secondary N) is 1. The van der Waals surface area contributed by atoms with E-state index in [9.17, 15) is 20.2 Å². The van der Waals surface area contributed by atoms with Gasteiger partial charge >= 0.3 is 0 Å². The SMILES string of the molecule is CCSC1=C(C#N)[C@@H](c2ccc([N+](=O)[O-])cc2)C(C(C)=O)=C(C)N1. The third-order valence-corrected chi connectivity index (χ3v) is 4.65. The van der Waals surface area contributed by atoms with Crippen LogP contribution in [0.25, 0.3) is 0 Å². The molecule has 0 aliphatic carbocycles. The summed E-state index contributed by atoms with van der Waals surface area (Å²) in [5.74, 6) is 0.142. The lowest BCUT2D eigenvalue weighted by atomic mass is 9.81. The minimum atomic E-state index is -0.511. The number of nitrogens with zero attached hydrogens (tertiary/aromatic N) is 2. The molecule has 1 atom stereocenters. The van der Waals surface area contributed by atoms with Crippen molar-refractivity contribution in [1.29, 1.82) is 5.26 Å². The average molecular weight is 343 g/mol. The molecule has 0 unspecified atom stereocenters. The Bertz CT molecular complexity index is 788. The third-order valence-electron chi connectivity index (χ3n) is 3.75. The van der Waals surface area contributed by atoms with E-state index in [4.69, 9.17) is 0 Å². The summed E-state index contributed by atoms with van der Waals surface area (Å²) in [6.07, 6.45) is 0. The number of thioether (sulfide) groups is 1. The van der Waals surface area contributed by atoms with E-state index in [1.54, 1.807) is 19.1 Å². The molecule has 0 saturated heterocycles. The number of benzene rings is 1. The molecule has 0 radical (unpaired) electrons. The highest BCUT2D eigenvalue weighted by Crippen LogP contribution is 2.41. The second-order valence-electron chi connectivity index (χ2n) is 5.29. The maximum atomic E-state index is 12.1. The summed E-state index contributed by atoms with van der Waals surface area (Å²) in [6.45, 7) is 5.25. The quantitative estimate of drug-likeness (QED) is 0.648. The number of ketones is 1. The molecule has 0 amide bonds. The molecular formula is C17H17N3O3S. The van der Waals surface area contributed by atoms with Gasteiger partial charge in [-0.25, -0.2) is 0 Å². The number of carbonyl (C=O) groups excluding carboxylic acids is 1. The van der Waals surface area contributed by atoms with E-state index >= 15 is 0 Å². The zero-order chi connectivity index (χ0) is 17.9. The summed E-state index contributed by atoms with van der Waals surface area (Å²) in [5, 5.41) is 24.4. The van der Waals surface area contributed by atoms with Crippen molar-refractivity contribution in [3.05, 3.63) is 61.8 Å². The van der Waals surface area contributed by atoms with Crippen molar-refractivity contribution in [1.82, 2.24) is 5.32 Å². The van der Waals surface area contributed by atoms with E-state index in [-0.39, 0.29) is 11.5 Å². The van der Waals surface area contributed by atoms with Gasteiger partial charge in [-0.3, -0.25) is 14.9 Å². The highest BCUT2D eigenvalue weighted by molar-refractivity contribution is 8.03. The number of Topliss-reactive ketones (excluding diaryl/α,β-unsaturated/α-hetero) is 1. The Morgan fingerprint density at radius 1 is 1.42 bits per heavy atom. The molecule has 1 aliphatic heterocycles. The molecule has 1 aliphatic rings. The molecule has 124 valence electrons. The summed E-state index contributed by atoms with van der Waals surface area (Å²) in [5.41, 5.74) is 2.36. The van der Waals surface area contributed by atoms with E-state index < -0.39 is 10.8 Å². The van der Waals surface area contributed by atoms with Gasteiger partial charge in [0.2, 0.25) is 0 Å². The van der Waals surface area contributed by atoms with Crippen LogP contribution in [0, 0.1) is 21.4 Å². The van der Waals surface area contributed by atoms with Crippen LogP contribution < -0.4 is 5.32 Å². The Kier molecular flexibility index (Phi) is 5.42. The van der Waals surface area contributed by atoms with E-state index in [2.05, 4.69) is 11.4 Å². The third kappa shape index (κ3) is 3.34. The molecule has 0 aromatic heterocycles. The first-order valence-corrected chi connectivity index (χ1v) is 8.39. The molecule has 6 nitrogen and oxygen atoms in total. The van der Waals surface area contributed by atoms with Crippen molar-refractivity contribution >= 4 is 23.2 Å². The Morgan fingerprint density at radius 2 is 2.04 bits per heavy atom. The molecular weight excluding hydrogens is 326 g/mol. The fraction of sp³-hybridized carbons (Fsp3) is 0.294. The number of allylic oxidation sites excluding steroid dienone is 3. The molecule has 7 heteroatoms. The molecule has 0 saturated carbocycles. The van der Waals surface area contributed by atoms with Crippen molar-refractivity contribution in [3.8, 4) is 6.07 Å². The van der Waals surface area contributed by atoms with Gasteiger partial charge in [0.15, 0.2) is 5.78 Å². The first-order valence-electron chi connectivity index (χ1n) is 7.40. The molecule has 0 spiro atoms. The zero-order valence-corrected chi connectivity index (χ0v) is 14.4. The van der Waals surface area contributed by atoms with Crippen LogP contribution >= 0.6 is 11.8 Å². The van der Waals surface area contributed by atoms with E-state index in [0.29, 0.717) is 22.4 Å². The Labute approximate surface area is 144 Å². The number of carbonyl (C=O) groups is 1. The van der Waals surface area contributed by atoms with Gasteiger partial charge in [-0.1, -0.05) is 19.1 Å². The first kappa shape index (κ1) is 17.8. The second kappa shape index (κ2) is 7.32. The molecule has 1 aromatic rings. The molecule has 1 heterocycles.